The summed E-state index contributed by atoms with van der Waals surface area (Å²) in [5, 5.41) is 1.95. The van der Waals surface area contributed by atoms with Crippen molar-refractivity contribution < 1.29 is 9.53 Å². The summed E-state index contributed by atoms with van der Waals surface area (Å²) in [6.07, 6.45) is 1.57. The van der Waals surface area contributed by atoms with Crippen molar-refractivity contribution in [2.24, 2.45) is 0 Å². The maximum Gasteiger partial charge on any atom is 0.233 e. The van der Waals surface area contributed by atoms with E-state index < -0.39 is 0 Å². The molecule has 0 spiro atoms. The van der Waals surface area contributed by atoms with E-state index in [2.05, 4.69) is 23.8 Å². The van der Waals surface area contributed by atoms with E-state index in [1.54, 1.807) is 29.7 Å². The number of carbonyl (C=O) groups excluding carboxylic acids is 1. The Kier molecular flexibility index (Phi) is 5.78. The van der Waals surface area contributed by atoms with E-state index in [9.17, 15) is 4.79 Å². The average Bonchev–Trinajstić information content (AvgIpc) is 2.95. The van der Waals surface area contributed by atoms with E-state index in [1.165, 1.54) is 22.2 Å². The van der Waals surface area contributed by atoms with Gasteiger partial charge < -0.3 is 9.64 Å². The Labute approximate surface area is 161 Å². The molecule has 0 atom stereocenters. The number of carbonyl (C=O) groups is 1. The SMILES string of the molecule is COc1ccc(CN(C)C(=O)CSc2ncnc3sc(C)c(C)c23)cc1. The molecule has 0 saturated carbocycles. The number of ether oxygens (including phenoxy) is 1. The van der Waals surface area contributed by atoms with Crippen LogP contribution in [0.15, 0.2) is 35.6 Å². The number of amides is 1. The predicted octanol–water partition coefficient (Wildman–Crippen LogP) is 4.07. The number of thioether (sulfide) groups is 1. The summed E-state index contributed by atoms with van der Waals surface area (Å²) in [6, 6.07) is 7.76. The predicted molar refractivity (Wildman–Crippen MR) is 107 cm³/mol. The van der Waals surface area contributed by atoms with E-state index >= 15 is 0 Å². The lowest BCUT2D eigenvalue weighted by Crippen LogP contribution is -2.27. The summed E-state index contributed by atoms with van der Waals surface area (Å²) in [7, 11) is 3.46. The first-order chi connectivity index (χ1) is 12.5. The lowest BCUT2D eigenvalue weighted by Gasteiger charge is -2.17. The summed E-state index contributed by atoms with van der Waals surface area (Å²) in [6.45, 7) is 4.74. The second-order valence-electron chi connectivity index (χ2n) is 6.03. The molecule has 0 unspecified atom stereocenters. The molecule has 0 fully saturated rings. The topological polar surface area (TPSA) is 55.3 Å². The van der Waals surface area contributed by atoms with Crippen molar-refractivity contribution in [2.45, 2.75) is 25.4 Å². The molecule has 0 aliphatic heterocycles. The Balaban J connectivity index is 1.64. The fourth-order valence-electron chi connectivity index (χ4n) is 2.59. The maximum atomic E-state index is 12.5. The molecule has 3 aromatic rings. The van der Waals surface area contributed by atoms with Crippen LogP contribution in [0.5, 0.6) is 5.75 Å². The number of nitrogens with zero attached hydrogens (tertiary/aromatic N) is 3. The molecule has 0 saturated heterocycles. The van der Waals surface area contributed by atoms with Crippen LogP contribution in [0.2, 0.25) is 0 Å². The Morgan fingerprint density at radius 2 is 1.96 bits per heavy atom. The van der Waals surface area contributed by atoms with Crippen LogP contribution in [0.4, 0.5) is 0 Å². The van der Waals surface area contributed by atoms with Crippen molar-refractivity contribution in [1.82, 2.24) is 14.9 Å². The van der Waals surface area contributed by atoms with E-state index in [4.69, 9.17) is 4.74 Å². The highest BCUT2D eigenvalue weighted by atomic mass is 32.2. The van der Waals surface area contributed by atoms with Gasteiger partial charge in [-0.15, -0.1) is 11.3 Å². The van der Waals surface area contributed by atoms with Gasteiger partial charge in [-0.25, -0.2) is 9.97 Å². The van der Waals surface area contributed by atoms with Crippen LogP contribution in [0, 0.1) is 13.8 Å². The Hall–Kier alpha value is -2.12. The monoisotopic (exact) mass is 387 g/mol. The standard InChI is InChI=1S/C19H21N3O2S2/c1-12-13(2)26-19-17(12)18(20-11-21-19)25-10-16(23)22(3)9-14-5-7-15(24-4)8-6-14/h5-8,11H,9-10H2,1-4H3. The molecule has 0 bridgehead atoms. The number of hydrogen-bond donors (Lipinski definition) is 0. The number of methoxy groups -OCH3 is 1. The molecule has 1 aromatic carbocycles. The second-order valence-corrected chi connectivity index (χ2v) is 8.20. The highest BCUT2D eigenvalue weighted by Crippen LogP contribution is 2.34. The lowest BCUT2D eigenvalue weighted by molar-refractivity contribution is -0.127. The van der Waals surface area contributed by atoms with Crippen LogP contribution in [0.25, 0.3) is 10.2 Å². The summed E-state index contributed by atoms with van der Waals surface area (Å²) >= 11 is 3.14. The lowest BCUT2D eigenvalue weighted by atomic mass is 10.2. The molecule has 0 radical (unpaired) electrons. The number of hydrogen-bond acceptors (Lipinski definition) is 6. The van der Waals surface area contributed by atoms with Gasteiger partial charge in [-0.1, -0.05) is 23.9 Å². The normalized spacial score (nSPS) is 10.9. The first kappa shape index (κ1) is 18.7. The summed E-state index contributed by atoms with van der Waals surface area (Å²) in [5.41, 5.74) is 2.27. The van der Waals surface area contributed by atoms with Crippen molar-refractivity contribution in [3.8, 4) is 5.75 Å². The molecule has 5 nitrogen and oxygen atoms in total. The van der Waals surface area contributed by atoms with Crippen LogP contribution in [-0.4, -0.2) is 40.7 Å². The molecule has 3 rings (SSSR count). The maximum absolute atomic E-state index is 12.5. The number of benzene rings is 1. The molecular weight excluding hydrogens is 366 g/mol. The first-order valence-electron chi connectivity index (χ1n) is 8.20. The van der Waals surface area contributed by atoms with Gasteiger partial charge in [0.1, 0.15) is 21.9 Å². The molecule has 0 aliphatic carbocycles. The quantitative estimate of drug-likeness (QED) is 0.471. The Morgan fingerprint density at radius 1 is 1.23 bits per heavy atom. The minimum atomic E-state index is 0.0715. The molecule has 7 heteroatoms. The van der Waals surface area contributed by atoms with Crippen molar-refractivity contribution in [3.63, 3.8) is 0 Å². The van der Waals surface area contributed by atoms with E-state index in [-0.39, 0.29) is 5.91 Å². The summed E-state index contributed by atoms with van der Waals surface area (Å²) in [4.78, 5) is 25.2. The minimum Gasteiger partial charge on any atom is -0.497 e. The van der Waals surface area contributed by atoms with E-state index in [0.29, 0.717) is 12.3 Å². The van der Waals surface area contributed by atoms with Crippen LogP contribution in [0.1, 0.15) is 16.0 Å². The zero-order chi connectivity index (χ0) is 18.7. The van der Waals surface area contributed by atoms with Gasteiger partial charge in [-0.2, -0.15) is 0 Å². The fraction of sp³-hybridized carbons (Fsp3) is 0.316. The van der Waals surface area contributed by atoms with Crippen LogP contribution in [-0.2, 0) is 11.3 Å². The Morgan fingerprint density at radius 3 is 2.65 bits per heavy atom. The second kappa shape index (κ2) is 8.05. The minimum absolute atomic E-state index is 0.0715. The summed E-state index contributed by atoms with van der Waals surface area (Å²) < 4.78 is 5.16. The third-order valence-electron chi connectivity index (χ3n) is 4.27. The van der Waals surface area contributed by atoms with Gasteiger partial charge >= 0.3 is 0 Å². The molecule has 136 valence electrons. The van der Waals surface area contributed by atoms with Crippen LogP contribution in [0.3, 0.4) is 0 Å². The largest absolute Gasteiger partial charge is 0.497 e. The molecule has 0 N–H and O–H groups in total. The molecule has 26 heavy (non-hydrogen) atoms. The van der Waals surface area contributed by atoms with E-state index in [0.717, 1.165) is 26.6 Å². The number of rotatable bonds is 6. The van der Waals surface area contributed by atoms with Gasteiger partial charge in [0.05, 0.1) is 12.9 Å². The van der Waals surface area contributed by atoms with Crippen LogP contribution >= 0.6 is 23.1 Å². The molecule has 0 aliphatic rings. The highest BCUT2D eigenvalue weighted by molar-refractivity contribution is 8.00. The number of aromatic nitrogens is 2. The van der Waals surface area contributed by atoms with Crippen LogP contribution < -0.4 is 4.74 Å². The Bertz CT molecular complexity index is 922. The fourth-order valence-corrected chi connectivity index (χ4v) is 4.65. The van der Waals surface area contributed by atoms with Gasteiger partial charge in [0.25, 0.3) is 0 Å². The average molecular weight is 388 g/mol. The first-order valence-corrected chi connectivity index (χ1v) is 10.00. The van der Waals surface area contributed by atoms with Gasteiger partial charge in [0, 0.05) is 23.9 Å². The summed E-state index contributed by atoms with van der Waals surface area (Å²) in [5.74, 6) is 1.24. The third kappa shape index (κ3) is 3.99. The number of thiophene rings is 1. The molecular formula is C19H21N3O2S2. The van der Waals surface area contributed by atoms with Crippen molar-refractivity contribution >= 4 is 39.2 Å². The van der Waals surface area contributed by atoms with Crippen molar-refractivity contribution in [2.75, 3.05) is 19.9 Å². The zero-order valence-electron chi connectivity index (χ0n) is 15.3. The van der Waals surface area contributed by atoms with Gasteiger partial charge in [0.2, 0.25) is 5.91 Å². The zero-order valence-corrected chi connectivity index (χ0v) is 16.9. The third-order valence-corrected chi connectivity index (χ3v) is 6.36. The van der Waals surface area contributed by atoms with E-state index in [1.807, 2.05) is 31.3 Å². The van der Waals surface area contributed by atoms with Crippen molar-refractivity contribution in [3.05, 3.63) is 46.6 Å². The van der Waals surface area contributed by atoms with Gasteiger partial charge in [-0.05, 0) is 37.1 Å². The smallest absolute Gasteiger partial charge is 0.233 e. The molecule has 2 heterocycles. The number of fused-ring (bicyclic) bond motifs is 1. The molecule has 2 aromatic heterocycles. The van der Waals surface area contributed by atoms with Crippen molar-refractivity contribution in [1.29, 1.82) is 0 Å². The number of aryl methyl sites for hydroxylation is 2. The van der Waals surface area contributed by atoms with Gasteiger partial charge in [0.15, 0.2) is 0 Å². The van der Waals surface area contributed by atoms with Gasteiger partial charge in [-0.3, -0.25) is 4.79 Å². The highest BCUT2D eigenvalue weighted by Gasteiger charge is 2.15. The molecule has 1 amide bonds.